The molecular formula is C19H18N2O6S. The average molecular weight is 402 g/mol. The molecule has 28 heavy (non-hydrogen) atoms. The molecule has 0 amide bonds. The van der Waals surface area contributed by atoms with Crippen LogP contribution in [0.4, 0.5) is 5.69 Å². The van der Waals surface area contributed by atoms with Gasteiger partial charge in [-0.3, -0.25) is 4.72 Å². The minimum Gasteiger partial charge on any atom is -0.486 e. The molecule has 2 aromatic carbocycles. The number of nitriles is 1. The van der Waals surface area contributed by atoms with Crippen LogP contribution in [-0.4, -0.2) is 34.2 Å². The van der Waals surface area contributed by atoms with Crippen LogP contribution in [0.3, 0.4) is 0 Å². The monoisotopic (exact) mass is 402 g/mol. The van der Waals surface area contributed by atoms with Crippen LogP contribution >= 0.6 is 0 Å². The molecule has 0 fully saturated rings. The number of nitrogens with zero attached hydrogens (tertiary/aromatic N) is 1. The number of ether oxygens (including phenoxy) is 3. The molecule has 2 aromatic rings. The molecule has 0 radical (unpaired) electrons. The molecule has 0 unspecified atom stereocenters. The molecule has 1 aliphatic rings. The Morgan fingerprint density at radius 2 is 1.82 bits per heavy atom. The second-order valence-electron chi connectivity index (χ2n) is 5.89. The SMILES string of the molecule is N#CCCCOC(=O)c1ccc(NS(=O)(=O)c2ccc3c(c2)OCCO3)cc1. The Bertz CT molecular complexity index is 996. The fraction of sp³-hybridized carbons (Fsp3) is 0.263. The van der Waals surface area contributed by atoms with Gasteiger partial charge in [0.05, 0.1) is 23.1 Å². The highest BCUT2D eigenvalue weighted by Crippen LogP contribution is 2.32. The number of hydrogen-bond donors (Lipinski definition) is 1. The average Bonchev–Trinajstić information content (AvgIpc) is 2.71. The van der Waals surface area contributed by atoms with E-state index in [1.54, 1.807) is 6.07 Å². The zero-order valence-corrected chi connectivity index (χ0v) is 15.7. The van der Waals surface area contributed by atoms with Crippen molar-refractivity contribution in [2.45, 2.75) is 17.7 Å². The molecule has 0 saturated carbocycles. The first-order valence-corrected chi connectivity index (χ1v) is 10.0. The van der Waals surface area contributed by atoms with Crippen LogP contribution in [0.15, 0.2) is 47.4 Å². The van der Waals surface area contributed by atoms with Crippen molar-refractivity contribution in [2.24, 2.45) is 0 Å². The lowest BCUT2D eigenvalue weighted by Gasteiger charge is -2.19. The highest BCUT2D eigenvalue weighted by Gasteiger charge is 2.19. The van der Waals surface area contributed by atoms with Crippen LogP contribution < -0.4 is 14.2 Å². The predicted octanol–water partition coefficient (Wildman–Crippen LogP) is 2.72. The Labute approximate surface area is 162 Å². The number of unbranched alkanes of at least 4 members (excludes halogenated alkanes) is 1. The van der Waals surface area contributed by atoms with Gasteiger partial charge in [0.2, 0.25) is 0 Å². The number of benzene rings is 2. The van der Waals surface area contributed by atoms with E-state index in [0.29, 0.717) is 48.8 Å². The molecule has 9 heteroatoms. The van der Waals surface area contributed by atoms with Crippen LogP contribution in [0.5, 0.6) is 11.5 Å². The Morgan fingerprint density at radius 3 is 2.54 bits per heavy atom. The molecule has 0 atom stereocenters. The maximum absolute atomic E-state index is 12.6. The van der Waals surface area contributed by atoms with Gasteiger partial charge in [-0.1, -0.05) is 0 Å². The minimum atomic E-state index is -3.83. The van der Waals surface area contributed by atoms with E-state index in [2.05, 4.69) is 4.72 Å². The Morgan fingerprint density at radius 1 is 1.11 bits per heavy atom. The lowest BCUT2D eigenvalue weighted by Crippen LogP contribution is -2.17. The molecule has 0 aromatic heterocycles. The second-order valence-corrected chi connectivity index (χ2v) is 7.57. The van der Waals surface area contributed by atoms with Crippen molar-refractivity contribution in [3.05, 3.63) is 48.0 Å². The van der Waals surface area contributed by atoms with E-state index in [1.807, 2.05) is 6.07 Å². The van der Waals surface area contributed by atoms with Gasteiger partial charge in [0, 0.05) is 18.2 Å². The van der Waals surface area contributed by atoms with E-state index in [9.17, 15) is 13.2 Å². The molecule has 1 heterocycles. The van der Waals surface area contributed by atoms with Crippen LogP contribution in [-0.2, 0) is 14.8 Å². The first-order chi connectivity index (χ1) is 13.5. The Hall–Kier alpha value is -3.25. The maximum Gasteiger partial charge on any atom is 0.338 e. The van der Waals surface area contributed by atoms with Gasteiger partial charge in [0.25, 0.3) is 10.0 Å². The first kappa shape index (κ1) is 19.5. The van der Waals surface area contributed by atoms with Crippen molar-refractivity contribution >= 4 is 21.7 Å². The summed E-state index contributed by atoms with van der Waals surface area (Å²) in [7, 11) is -3.83. The van der Waals surface area contributed by atoms with Crippen molar-refractivity contribution in [3.63, 3.8) is 0 Å². The summed E-state index contributed by atoms with van der Waals surface area (Å²) in [6.07, 6.45) is 0.781. The van der Waals surface area contributed by atoms with Gasteiger partial charge in [-0.05, 0) is 42.8 Å². The highest BCUT2D eigenvalue weighted by molar-refractivity contribution is 7.92. The summed E-state index contributed by atoms with van der Waals surface area (Å²) >= 11 is 0. The van der Waals surface area contributed by atoms with E-state index in [-0.39, 0.29) is 11.5 Å². The number of esters is 1. The molecule has 0 bridgehead atoms. The molecule has 8 nitrogen and oxygen atoms in total. The van der Waals surface area contributed by atoms with Gasteiger partial charge >= 0.3 is 5.97 Å². The number of fused-ring (bicyclic) bond motifs is 1. The third kappa shape index (κ3) is 4.72. The summed E-state index contributed by atoms with van der Waals surface area (Å²) in [5.41, 5.74) is 0.593. The van der Waals surface area contributed by atoms with Crippen LogP contribution in [0.2, 0.25) is 0 Å². The van der Waals surface area contributed by atoms with Gasteiger partial charge in [-0.25, -0.2) is 13.2 Å². The minimum absolute atomic E-state index is 0.0396. The van der Waals surface area contributed by atoms with Gasteiger partial charge in [0.15, 0.2) is 11.5 Å². The molecule has 0 spiro atoms. The fourth-order valence-electron chi connectivity index (χ4n) is 2.48. The molecule has 0 saturated heterocycles. The highest BCUT2D eigenvalue weighted by atomic mass is 32.2. The summed E-state index contributed by atoms with van der Waals surface area (Å²) < 4.78 is 43.5. The molecule has 3 rings (SSSR count). The number of nitrogens with one attached hydrogen (secondary N) is 1. The number of rotatable bonds is 7. The topological polar surface area (TPSA) is 115 Å². The van der Waals surface area contributed by atoms with E-state index in [4.69, 9.17) is 19.5 Å². The van der Waals surface area contributed by atoms with Gasteiger partial charge in [-0.2, -0.15) is 5.26 Å². The van der Waals surface area contributed by atoms with Crippen LogP contribution in [0.1, 0.15) is 23.2 Å². The predicted molar refractivity (Wildman–Crippen MR) is 99.8 cm³/mol. The zero-order valence-electron chi connectivity index (χ0n) is 14.9. The molecule has 1 N–H and O–H groups in total. The smallest absolute Gasteiger partial charge is 0.338 e. The number of sulfonamides is 1. The first-order valence-electron chi connectivity index (χ1n) is 8.56. The van der Waals surface area contributed by atoms with Crippen molar-refractivity contribution in [2.75, 3.05) is 24.5 Å². The van der Waals surface area contributed by atoms with Gasteiger partial charge in [0.1, 0.15) is 13.2 Å². The molecule has 0 aliphatic carbocycles. The molecular weight excluding hydrogens is 384 g/mol. The number of anilines is 1. The van der Waals surface area contributed by atoms with Crippen molar-refractivity contribution < 1.29 is 27.4 Å². The second kappa shape index (κ2) is 8.63. The summed E-state index contributed by atoms with van der Waals surface area (Å²) in [6.45, 7) is 0.938. The zero-order chi connectivity index (χ0) is 20.0. The van der Waals surface area contributed by atoms with Crippen molar-refractivity contribution in [3.8, 4) is 17.6 Å². The van der Waals surface area contributed by atoms with E-state index in [0.717, 1.165) is 0 Å². The normalized spacial score (nSPS) is 12.7. The van der Waals surface area contributed by atoms with Crippen molar-refractivity contribution in [1.29, 1.82) is 5.26 Å². The third-order valence-corrected chi connectivity index (χ3v) is 5.24. The van der Waals surface area contributed by atoms with E-state index < -0.39 is 16.0 Å². The van der Waals surface area contributed by atoms with E-state index >= 15 is 0 Å². The van der Waals surface area contributed by atoms with Gasteiger partial charge in [-0.15, -0.1) is 0 Å². The Kier molecular flexibility index (Phi) is 6.01. The summed E-state index contributed by atoms with van der Waals surface area (Å²) in [5.74, 6) is 0.352. The number of carbonyl (C=O) groups excluding carboxylic acids is 1. The number of carbonyl (C=O) groups is 1. The molecule has 146 valence electrons. The lowest BCUT2D eigenvalue weighted by atomic mass is 10.2. The summed E-state index contributed by atoms with van der Waals surface area (Å²) in [5, 5.41) is 8.45. The van der Waals surface area contributed by atoms with Crippen LogP contribution in [0.25, 0.3) is 0 Å². The summed E-state index contributed by atoms with van der Waals surface area (Å²) in [6, 6.07) is 12.2. The van der Waals surface area contributed by atoms with Crippen LogP contribution in [0, 0.1) is 11.3 Å². The van der Waals surface area contributed by atoms with Gasteiger partial charge < -0.3 is 14.2 Å². The fourth-order valence-corrected chi connectivity index (χ4v) is 3.55. The summed E-state index contributed by atoms with van der Waals surface area (Å²) in [4.78, 5) is 11.9. The largest absolute Gasteiger partial charge is 0.486 e. The lowest BCUT2D eigenvalue weighted by molar-refractivity contribution is 0.0501. The quantitative estimate of drug-likeness (QED) is 0.559. The Balaban J connectivity index is 1.66. The van der Waals surface area contributed by atoms with Crippen molar-refractivity contribution in [1.82, 2.24) is 0 Å². The standard InChI is InChI=1S/C19H18N2O6S/c20-9-1-2-10-27-19(22)14-3-5-15(6-4-14)21-28(23,24)16-7-8-17-18(13-16)26-12-11-25-17/h3-8,13,21H,1-2,10-12H2. The van der Waals surface area contributed by atoms with E-state index in [1.165, 1.54) is 36.4 Å². The molecule has 1 aliphatic heterocycles. The maximum atomic E-state index is 12.6. The third-order valence-electron chi connectivity index (χ3n) is 3.86. The number of hydrogen-bond acceptors (Lipinski definition) is 7.